The van der Waals surface area contributed by atoms with Crippen molar-refractivity contribution in [2.75, 3.05) is 39.6 Å². The third kappa shape index (κ3) is 4.44. The molecule has 0 aromatic heterocycles. The summed E-state index contributed by atoms with van der Waals surface area (Å²) in [5.41, 5.74) is 1.00. The summed E-state index contributed by atoms with van der Waals surface area (Å²) < 4.78 is 16.3. The molecule has 0 radical (unpaired) electrons. The molecule has 1 atom stereocenters. The molecule has 2 amide bonds. The predicted octanol–water partition coefficient (Wildman–Crippen LogP) is 0.429. The quantitative estimate of drug-likeness (QED) is 0.738. The van der Waals surface area contributed by atoms with E-state index in [0.29, 0.717) is 25.5 Å². The Labute approximate surface area is 152 Å². The van der Waals surface area contributed by atoms with Gasteiger partial charge in [0.1, 0.15) is 0 Å². The van der Waals surface area contributed by atoms with Gasteiger partial charge >= 0.3 is 11.8 Å². The molecule has 26 heavy (non-hydrogen) atoms. The number of carbonyl (C=O) groups is 2. The van der Waals surface area contributed by atoms with E-state index in [2.05, 4.69) is 15.5 Å². The lowest BCUT2D eigenvalue weighted by molar-refractivity contribution is -0.139. The summed E-state index contributed by atoms with van der Waals surface area (Å²) in [4.78, 5) is 26.1. The highest BCUT2D eigenvalue weighted by atomic mass is 16.7. The van der Waals surface area contributed by atoms with Crippen LogP contribution in [0, 0.1) is 0 Å². The van der Waals surface area contributed by atoms with Crippen molar-refractivity contribution in [3.8, 4) is 11.5 Å². The molecule has 0 unspecified atom stereocenters. The molecule has 1 saturated heterocycles. The van der Waals surface area contributed by atoms with Crippen molar-refractivity contribution in [1.82, 2.24) is 15.5 Å². The summed E-state index contributed by atoms with van der Waals surface area (Å²) in [6.45, 7) is 6.96. The molecular weight excluding hydrogens is 338 g/mol. The van der Waals surface area contributed by atoms with Gasteiger partial charge in [0.15, 0.2) is 11.5 Å². The van der Waals surface area contributed by atoms with E-state index in [0.717, 1.165) is 24.4 Å². The van der Waals surface area contributed by atoms with Gasteiger partial charge in [0, 0.05) is 25.7 Å². The first-order chi connectivity index (χ1) is 12.5. The summed E-state index contributed by atoms with van der Waals surface area (Å²) in [7, 11) is 0. The summed E-state index contributed by atoms with van der Waals surface area (Å²) >= 11 is 0. The number of nitrogens with zero attached hydrogens (tertiary/aromatic N) is 1. The Morgan fingerprint density at radius 3 is 2.58 bits per heavy atom. The Morgan fingerprint density at radius 2 is 1.85 bits per heavy atom. The van der Waals surface area contributed by atoms with E-state index in [1.54, 1.807) is 0 Å². The van der Waals surface area contributed by atoms with Gasteiger partial charge in [0.2, 0.25) is 6.79 Å². The third-order valence-corrected chi connectivity index (χ3v) is 4.35. The number of amides is 2. The van der Waals surface area contributed by atoms with Crippen molar-refractivity contribution < 1.29 is 23.8 Å². The molecule has 2 heterocycles. The van der Waals surface area contributed by atoms with E-state index >= 15 is 0 Å². The summed E-state index contributed by atoms with van der Waals surface area (Å²) in [6.07, 6.45) is 0. The number of benzene rings is 1. The number of nitrogens with one attached hydrogen (secondary N) is 2. The molecule has 2 N–H and O–H groups in total. The van der Waals surface area contributed by atoms with Crippen molar-refractivity contribution in [3.63, 3.8) is 0 Å². The van der Waals surface area contributed by atoms with Crippen LogP contribution in [-0.2, 0) is 14.3 Å². The number of ether oxygens (including phenoxy) is 3. The zero-order valence-electron chi connectivity index (χ0n) is 15.1. The smallest absolute Gasteiger partial charge is 0.309 e. The lowest BCUT2D eigenvalue weighted by Gasteiger charge is -2.35. The second-order valence-electron chi connectivity index (χ2n) is 6.62. The van der Waals surface area contributed by atoms with E-state index in [1.807, 2.05) is 32.0 Å². The molecule has 2 aliphatic rings. The monoisotopic (exact) mass is 363 g/mol. The normalized spacial score (nSPS) is 17.8. The first-order valence-corrected chi connectivity index (χ1v) is 8.84. The van der Waals surface area contributed by atoms with Crippen molar-refractivity contribution in [3.05, 3.63) is 23.8 Å². The molecule has 2 aliphatic heterocycles. The van der Waals surface area contributed by atoms with Crippen molar-refractivity contribution in [1.29, 1.82) is 0 Å². The van der Waals surface area contributed by atoms with E-state index < -0.39 is 11.8 Å². The number of carbonyl (C=O) groups excluding carboxylic acids is 2. The summed E-state index contributed by atoms with van der Waals surface area (Å²) in [5, 5.41) is 5.34. The summed E-state index contributed by atoms with van der Waals surface area (Å²) in [6, 6.07) is 5.61. The minimum atomic E-state index is -0.627. The molecular formula is C18H25N3O5. The van der Waals surface area contributed by atoms with E-state index in [1.165, 1.54) is 0 Å². The maximum Gasteiger partial charge on any atom is 0.309 e. The summed E-state index contributed by atoms with van der Waals surface area (Å²) in [5.74, 6) is 0.170. The Bertz CT molecular complexity index is 658. The second-order valence-corrected chi connectivity index (χ2v) is 6.62. The standard InChI is InChI=1S/C18H25N3O5/c1-12(2)20-18(23)17(22)19-10-14(21-5-7-24-8-6-21)13-3-4-15-16(9-13)26-11-25-15/h3-4,9,12,14H,5-8,10-11H2,1-2H3,(H,19,22)(H,20,23)/t14-/m0/s1. The molecule has 1 aromatic carbocycles. The van der Waals surface area contributed by atoms with Gasteiger partial charge in [-0.05, 0) is 31.5 Å². The lowest BCUT2D eigenvalue weighted by Crippen LogP contribution is -2.47. The number of morpholine rings is 1. The van der Waals surface area contributed by atoms with E-state index in [9.17, 15) is 9.59 Å². The SMILES string of the molecule is CC(C)NC(=O)C(=O)NC[C@@H](c1ccc2c(c1)OCO2)N1CCOCC1. The average Bonchev–Trinajstić information content (AvgIpc) is 3.10. The molecule has 0 spiro atoms. The number of hydrogen-bond donors (Lipinski definition) is 2. The molecule has 0 bridgehead atoms. The van der Waals surface area contributed by atoms with Crippen molar-refractivity contribution >= 4 is 11.8 Å². The zero-order valence-corrected chi connectivity index (χ0v) is 15.1. The molecule has 3 rings (SSSR count). The van der Waals surface area contributed by atoms with Crippen LogP contribution in [0.4, 0.5) is 0 Å². The molecule has 8 heteroatoms. The van der Waals surface area contributed by atoms with Crippen LogP contribution in [0.3, 0.4) is 0 Å². The largest absolute Gasteiger partial charge is 0.454 e. The Balaban J connectivity index is 1.71. The van der Waals surface area contributed by atoms with Crippen LogP contribution < -0.4 is 20.1 Å². The van der Waals surface area contributed by atoms with Gasteiger partial charge < -0.3 is 24.8 Å². The van der Waals surface area contributed by atoms with Gasteiger partial charge in [-0.25, -0.2) is 0 Å². The Morgan fingerprint density at radius 1 is 1.12 bits per heavy atom. The molecule has 0 saturated carbocycles. The fraction of sp³-hybridized carbons (Fsp3) is 0.556. The van der Waals surface area contributed by atoms with Gasteiger partial charge in [-0.1, -0.05) is 6.07 Å². The maximum absolute atomic E-state index is 12.1. The molecule has 1 aromatic rings. The van der Waals surface area contributed by atoms with E-state index in [4.69, 9.17) is 14.2 Å². The molecule has 142 valence electrons. The fourth-order valence-electron chi connectivity index (χ4n) is 3.06. The van der Waals surface area contributed by atoms with Crippen LogP contribution in [-0.4, -0.2) is 62.4 Å². The second kappa shape index (κ2) is 8.37. The van der Waals surface area contributed by atoms with Crippen LogP contribution in [0.25, 0.3) is 0 Å². The number of hydrogen-bond acceptors (Lipinski definition) is 6. The maximum atomic E-state index is 12.1. The van der Waals surface area contributed by atoms with E-state index in [-0.39, 0.29) is 18.9 Å². The van der Waals surface area contributed by atoms with Gasteiger partial charge in [-0.15, -0.1) is 0 Å². The van der Waals surface area contributed by atoms with Crippen LogP contribution in [0.1, 0.15) is 25.5 Å². The molecule has 8 nitrogen and oxygen atoms in total. The predicted molar refractivity (Wildman–Crippen MR) is 94.0 cm³/mol. The average molecular weight is 363 g/mol. The Kier molecular flexibility index (Phi) is 5.95. The highest BCUT2D eigenvalue weighted by Gasteiger charge is 2.26. The molecule has 1 fully saturated rings. The van der Waals surface area contributed by atoms with Crippen LogP contribution >= 0.6 is 0 Å². The van der Waals surface area contributed by atoms with Crippen LogP contribution in [0.15, 0.2) is 18.2 Å². The lowest BCUT2D eigenvalue weighted by atomic mass is 10.0. The topological polar surface area (TPSA) is 89.1 Å². The van der Waals surface area contributed by atoms with Gasteiger partial charge in [0.05, 0.1) is 19.3 Å². The first-order valence-electron chi connectivity index (χ1n) is 8.84. The van der Waals surface area contributed by atoms with Crippen molar-refractivity contribution in [2.24, 2.45) is 0 Å². The minimum Gasteiger partial charge on any atom is -0.454 e. The fourth-order valence-corrected chi connectivity index (χ4v) is 3.06. The minimum absolute atomic E-state index is 0.0794. The zero-order chi connectivity index (χ0) is 18.5. The van der Waals surface area contributed by atoms with Crippen LogP contribution in [0.5, 0.6) is 11.5 Å². The number of rotatable bonds is 5. The third-order valence-electron chi connectivity index (χ3n) is 4.35. The van der Waals surface area contributed by atoms with Gasteiger partial charge in [0.25, 0.3) is 0 Å². The van der Waals surface area contributed by atoms with Crippen molar-refractivity contribution in [2.45, 2.75) is 25.9 Å². The highest BCUT2D eigenvalue weighted by molar-refractivity contribution is 6.35. The van der Waals surface area contributed by atoms with Crippen LogP contribution in [0.2, 0.25) is 0 Å². The molecule has 0 aliphatic carbocycles. The first kappa shape index (κ1) is 18.5. The Hall–Kier alpha value is -2.32. The number of fused-ring (bicyclic) bond motifs is 1. The van der Waals surface area contributed by atoms with Gasteiger partial charge in [-0.2, -0.15) is 0 Å². The highest BCUT2D eigenvalue weighted by Crippen LogP contribution is 2.35. The van der Waals surface area contributed by atoms with Gasteiger partial charge in [-0.3, -0.25) is 14.5 Å².